The molecule has 0 heterocycles. The quantitative estimate of drug-likeness (QED) is 0.633. The van der Waals surface area contributed by atoms with E-state index in [4.69, 9.17) is 27.9 Å². The first-order valence-electron chi connectivity index (χ1n) is 6.75. The van der Waals surface area contributed by atoms with Gasteiger partial charge in [-0.05, 0) is 48.9 Å². The molecule has 0 aliphatic carbocycles. The molecule has 0 unspecified atom stereocenters. The highest BCUT2D eigenvalue weighted by Crippen LogP contribution is 2.26. The number of hydrogen-bond donors (Lipinski definition) is 2. The number of halogens is 2. The fourth-order valence-corrected chi connectivity index (χ4v) is 2.05. The third-order valence-electron chi connectivity index (χ3n) is 2.85. The van der Waals surface area contributed by atoms with E-state index < -0.39 is 5.91 Å². The Bertz CT molecular complexity index is 748. The van der Waals surface area contributed by atoms with E-state index in [1.807, 2.05) is 6.92 Å². The van der Waals surface area contributed by atoms with Crippen LogP contribution in [0.1, 0.15) is 22.8 Å². The van der Waals surface area contributed by atoms with Gasteiger partial charge in [0, 0.05) is 5.56 Å². The van der Waals surface area contributed by atoms with Gasteiger partial charge in [-0.1, -0.05) is 23.2 Å². The number of hydrazone groups is 1. The van der Waals surface area contributed by atoms with Gasteiger partial charge in [-0.25, -0.2) is 5.43 Å². The van der Waals surface area contributed by atoms with E-state index >= 15 is 0 Å². The Labute approximate surface area is 143 Å². The average Bonchev–Trinajstić information content (AvgIpc) is 2.53. The molecule has 2 rings (SSSR count). The Morgan fingerprint density at radius 3 is 2.74 bits per heavy atom. The van der Waals surface area contributed by atoms with Gasteiger partial charge in [0.1, 0.15) is 0 Å². The van der Waals surface area contributed by atoms with Crippen molar-refractivity contribution in [3.8, 4) is 11.5 Å². The SMILES string of the molecule is CCOc1cc(/C=N\NC(=O)c2ccc(Cl)c(Cl)c2)ccc1O. The summed E-state index contributed by atoms with van der Waals surface area (Å²) in [5.41, 5.74) is 3.40. The Morgan fingerprint density at radius 2 is 2.04 bits per heavy atom. The number of benzene rings is 2. The van der Waals surface area contributed by atoms with Gasteiger partial charge in [0.2, 0.25) is 0 Å². The standard InChI is InChI=1S/C16H14Cl2N2O3/c1-2-23-15-7-10(3-6-14(15)21)9-19-20-16(22)11-4-5-12(17)13(18)8-11/h3-9,21H,2H2,1H3,(H,20,22)/b19-9-. The molecule has 0 aromatic heterocycles. The lowest BCUT2D eigenvalue weighted by atomic mass is 10.2. The third-order valence-corrected chi connectivity index (χ3v) is 3.58. The molecular formula is C16H14Cl2N2O3. The summed E-state index contributed by atoms with van der Waals surface area (Å²) >= 11 is 11.7. The molecule has 0 saturated heterocycles. The van der Waals surface area contributed by atoms with Gasteiger partial charge in [0.15, 0.2) is 11.5 Å². The highest BCUT2D eigenvalue weighted by molar-refractivity contribution is 6.42. The summed E-state index contributed by atoms with van der Waals surface area (Å²) in [6, 6.07) is 9.31. The number of phenols is 1. The summed E-state index contributed by atoms with van der Waals surface area (Å²) in [6.07, 6.45) is 1.44. The number of rotatable bonds is 5. The van der Waals surface area contributed by atoms with E-state index in [9.17, 15) is 9.90 Å². The number of ether oxygens (including phenoxy) is 1. The molecule has 2 aromatic carbocycles. The van der Waals surface area contributed by atoms with Gasteiger partial charge < -0.3 is 9.84 Å². The van der Waals surface area contributed by atoms with Crippen LogP contribution in [0.5, 0.6) is 11.5 Å². The van der Waals surface area contributed by atoms with Crippen molar-refractivity contribution in [1.29, 1.82) is 0 Å². The van der Waals surface area contributed by atoms with E-state index in [1.165, 1.54) is 24.4 Å². The molecule has 7 heteroatoms. The van der Waals surface area contributed by atoms with Crippen LogP contribution in [0.3, 0.4) is 0 Å². The highest BCUT2D eigenvalue weighted by Gasteiger charge is 2.07. The van der Waals surface area contributed by atoms with Gasteiger partial charge >= 0.3 is 0 Å². The zero-order valence-electron chi connectivity index (χ0n) is 12.2. The minimum absolute atomic E-state index is 0.0452. The summed E-state index contributed by atoms with van der Waals surface area (Å²) in [5.74, 6) is -0.0141. The lowest BCUT2D eigenvalue weighted by Crippen LogP contribution is -2.17. The number of nitrogens with zero attached hydrogens (tertiary/aromatic N) is 1. The van der Waals surface area contributed by atoms with Crippen LogP contribution in [0.2, 0.25) is 10.0 Å². The topological polar surface area (TPSA) is 70.9 Å². The normalized spacial score (nSPS) is 10.7. The van der Waals surface area contributed by atoms with Gasteiger partial charge in [-0.2, -0.15) is 5.10 Å². The smallest absolute Gasteiger partial charge is 0.271 e. The van der Waals surface area contributed by atoms with Crippen LogP contribution in [0.25, 0.3) is 0 Å². The third kappa shape index (κ3) is 4.61. The molecular weight excluding hydrogens is 339 g/mol. The summed E-state index contributed by atoms with van der Waals surface area (Å²) in [7, 11) is 0. The molecule has 23 heavy (non-hydrogen) atoms. The highest BCUT2D eigenvalue weighted by atomic mass is 35.5. The molecule has 0 aliphatic rings. The molecule has 2 N–H and O–H groups in total. The van der Waals surface area contributed by atoms with E-state index in [2.05, 4.69) is 10.5 Å². The Hall–Kier alpha value is -2.24. The molecule has 1 amide bonds. The van der Waals surface area contributed by atoms with Crippen molar-refractivity contribution in [2.24, 2.45) is 5.10 Å². The van der Waals surface area contributed by atoms with Gasteiger partial charge in [0.25, 0.3) is 5.91 Å². The van der Waals surface area contributed by atoms with Crippen molar-refractivity contribution in [3.05, 3.63) is 57.6 Å². The predicted molar refractivity (Wildman–Crippen MR) is 90.8 cm³/mol. The summed E-state index contributed by atoms with van der Waals surface area (Å²) in [4.78, 5) is 11.9. The van der Waals surface area contributed by atoms with Crippen molar-refractivity contribution < 1.29 is 14.6 Å². The van der Waals surface area contributed by atoms with Crippen LogP contribution >= 0.6 is 23.2 Å². The average molecular weight is 353 g/mol. The van der Waals surface area contributed by atoms with Crippen molar-refractivity contribution in [1.82, 2.24) is 5.43 Å². The second kappa shape index (κ2) is 7.85. The van der Waals surface area contributed by atoms with E-state index in [1.54, 1.807) is 18.2 Å². The number of carbonyl (C=O) groups excluding carboxylic acids is 1. The number of nitrogens with one attached hydrogen (secondary N) is 1. The van der Waals surface area contributed by atoms with Crippen molar-refractivity contribution in [2.75, 3.05) is 6.61 Å². The van der Waals surface area contributed by atoms with Crippen LogP contribution in [0.4, 0.5) is 0 Å². The first-order chi connectivity index (χ1) is 11.0. The first-order valence-corrected chi connectivity index (χ1v) is 7.51. The number of aromatic hydroxyl groups is 1. The molecule has 5 nitrogen and oxygen atoms in total. The molecule has 0 fully saturated rings. The molecule has 0 saturated carbocycles. The largest absolute Gasteiger partial charge is 0.504 e. The molecule has 0 spiro atoms. The van der Waals surface area contributed by atoms with Crippen LogP contribution in [0.15, 0.2) is 41.5 Å². The maximum Gasteiger partial charge on any atom is 0.271 e. The van der Waals surface area contributed by atoms with E-state index in [-0.39, 0.29) is 5.75 Å². The zero-order valence-corrected chi connectivity index (χ0v) is 13.7. The summed E-state index contributed by atoms with van der Waals surface area (Å²) in [5, 5.41) is 14.1. The number of amides is 1. The summed E-state index contributed by atoms with van der Waals surface area (Å²) in [6.45, 7) is 2.25. The minimum atomic E-state index is -0.413. The molecule has 0 atom stereocenters. The molecule has 0 bridgehead atoms. The zero-order chi connectivity index (χ0) is 16.8. The van der Waals surface area contributed by atoms with Gasteiger partial charge in [-0.3, -0.25) is 4.79 Å². The van der Waals surface area contributed by atoms with Crippen LogP contribution in [-0.2, 0) is 0 Å². The number of carbonyl (C=O) groups is 1. The predicted octanol–water partition coefficient (Wildman–Crippen LogP) is 3.86. The Balaban J connectivity index is 2.04. The second-order valence-corrected chi connectivity index (χ2v) is 5.30. The van der Waals surface area contributed by atoms with E-state index in [0.29, 0.717) is 33.5 Å². The number of hydrogen-bond acceptors (Lipinski definition) is 4. The second-order valence-electron chi connectivity index (χ2n) is 4.49. The fourth-order valence-electron chi connectivity index (χ4n) is 1.75. The molecule has 120 valence electrons. The lowest BCUT2D eigenvalue weighted by molar-refractivity contribution is 0.0955. The molecule has 0 radical (unpaired) electrons. The maximum atomic E-state index is 11.9. The van der Waals surface area contributed by atoms with Crippen molar-refractivity contribution >= 4 is 35.3 Å². The maximum absolute atomic E-state index is 11.9. The van der Waals surface area contributed by atoms with Crippen LogP contribution < -0.4 is 10.2 Å². The Kier molecular flexibility index (Phi) is 5.84. The van der Waals surface area contributed by atoms with Crippen molar-refractivity contribution in [2.45, 2.75) is 6.92 Å². The fraction of sp³-hybridized carbons (Fsp3) is 0.125. The monoisotopic (exact) mass is 352 g/mol. The molecule has 2 aromatic rings. The Morgan fingerprint density at radius 1 is 1.26 bits per heavy atom. The number of phenolic OH excluding ortho intramolecular Hbond substituents is 1. The summed E-state index contributed by atoms with van der Waals surface area (Å²) < 4.78 is 5.27. The van der Waals surface area contributed by atoms with Crippen molar-refractivity contribution in [3.63, 3.8) is 0 Å². The molecule has 0 aliphatic heterocycles. The minimum Gasteiger partial charge on any atom is -0.504 e. The van der Waals surface area contributed by atoms with Gasteiger partial charge in [-0.15, -0.1) is 0 Å². The van der Waals surface area contributed by atoms with E-state index in [0.717, 1.165) is 0 Å². The van der Waals surface area contributed by atoms with Gasteiger partial charge in [0.05, 0.1) is 22.9 Å². The van der Waals surface area contributed by atoms with Crippen LogP contribution in [-0.4, -0.2) is 23.8 Å². The lowest BCUT2D eigenvalue weighted by Gasteiger charge is -2.06. The van der Waals surface area contributed by atoms with Crippen LogP contribution in [0, 0.1) is 0 Å². The first kappa shape index (κ1) is 17.1.